The van der Waals surface area contributed by atoms with E-state index in [1.165, 1.54) is 0 Å². The summed E-state index contributed by atoms with van der Waals surface area (Å²) in [6, 6.07) is 3.67. The van der Waals surface area contributed by atoms with Crippen molar-refractivity contribution in [3.63, 3.8) is 0 Å². The maximum Gasteiger partial charge on any atom is 0.255 e. The number of imidazole rings is 1. The van der Waals surface area contributed by atoms with E-state index in [1.54, 1.807) is 9.80 Å². The van der Waals surface area contributed by atoms with Gasteiger partial charge in [0.25, 0.3) is 5.91 Å². The molecule has 2 rings (SSSR count). The van der Waals surface area contributed by atoms with Crippen LogP contribution in [0.3, 0.4) is 0 Å². The topological polar surface area (TPSA) is 61.2 Å². The summed E-state index contributed by atoms with van der Waals surface area (Å²) in [7, 11) is 5.88. The van der Waals surface area contributed by atoms with E-state index in [0.717, 1.165) is 49.4 Å². The molecule has 2 heterocycles. The Kier molecular flexibility index (Phi) is 8.20. The summed E-state index contributed by atoms with van der Waals surface area (Å²) in [5.74, 6) is 1.24. The maximum atomic E-state index is 12.9. The highest BCUT2D eigenvalue weighted by Gasteiger charge is 2.20. The van der Waals surface area contributed by atoms with E-state index in [0.29, 0.717) is 24.6 Å². The zero-order valence-electron chi connectivity index (χ0n) is 18.7. The Bertz CT molecular complexity index is 828. The van der Waals surface area contributed by atoms with Crippen molar-refractivity contribution >= 4 is 23.8 Å². The highest BCUT2D eigenvalue weighted by atomic mass is 16.2. The van der Waals surface area contributed by atoms with Crippen LogP contribution in [0.5, 0.6) is 0 Å². The van der Waals surface area contributed by atoms with Gasteiger partial charge in [-0.3, -0.25) is 18.9 Å². The number of carbonyl (C=O) groups excluding carboxylic acids is 2. The first-order valence-electron chi connectivity index (χ1n) is 10.4. The summed E-state index contributed by atoms with van der Waals surface area (Å²) in [4.78, 5) is 35.0. The molecule has 0 saturated heterocycles. The molecule has 2 aromatic rings. The quantitative estimate of drug-likeness (QED) is 0.543. The molecule has 0 fully saturated rings. The number of anilines is 1. The minimum absolute atomic E-state index is 0.0248. The third kappa shape index (κ3) is 5.79. The van der Waals surface area contributed by atoms with E-state index in [2.05, 4.69) is 23.7 Å². The first-order chi connectivity index (χ1) is 13.8. The van der Waals surface area contributed by atoms with E-state index < -0.39 is 0 Å². The fraction of sp³-hybridized carbons (Fsp3) is 0.591. The lowest BCUT2D eigenvalue weighted by Gasteiger charge is -2.21. The van der Waals surface area contributed by atoms with Gasteiger partial charge in [-0.15, -0.1) is 0 Å². The molecule has 2 amide bonds. The van der Waals surface area contributed by atoms with E-state index >= 15 is 0 Å². The lowest BCUT2D eigenvalue weighted by Crippen LogP contribution is -2.30. The van der Waals surface area contributed by atoms with Gasteiger partial charge in [-0.1, -0.05) is 20.8 Å². The van der Waals surface area contributed by atoms with E-state index in [9.17, 15) is 9.59 Å². The van der Waals surface area contributed by atoms with Crippen LogP contribution in [0.15, 0.2) is 18.3 Å². The molecule has 29 heavy (non-hydrogen) atoms. The summed E-state index contributed by atoms with van der Waals surface area (Å²) in [5.41, 5.74) is 2.21. The van der Waals surface area contributed by atoms with Gasteiger partial charge in [0, 0.05) is 26.3 Å². The van der Waals surface area contributed by atoms with Crippen molar-refractivity contribution in [3.05, 3.63) is 29.6 Å². The summed E-state index contributed by atoms with van der Waals surface area (Å²) in [6.07, 6.45) is 5.22. The van der Waals surface area contributed by atoms with Gasteiger partial charge >= 0.3 is 0 Å². The largest absolute Gasteiger partial charge is 0.342 e. The molecule has 2 aromatic heterocycles. The molecule has 0 aliphatic rings. The van der Waals surface area contributed by atoms with Gasteiger partial charge in [0.15, 0.2) is 0 Å². The zero-order chi connectivity index (χ0) is 21.6. The highest BCUT2D eigenvalue weighted by molar-refractivity contribution is 5.94. The number of aryl methyl sites for hydroxylation is 1. The molecule has 160 valence electrons. The third-order valence-corrected chi connectivity index (χ3v) is 5.04. The molecule has 0 bridgehead atoms. The SMILES string of the molecule is CCc1nc2ccc(C(=O)N(C)CCCN(C)C)cn2c1N(C=O)CCC(C)C. The number of pyridine rings is 1. The molecule has 0 aliphatic carbocycles. The number of carbonyl (C=O) groups is 2. The molecule has 7 heteroatoms. The zero-order valence-corrected chi connectivity index (χ0v) is 18.7. The fourth-order valence-electron chi connectivity index (χ4n) is 3.30. The van der Waals surface area contributed by atoms with Gasteiger partial charge in [-0.25, -0.2) is 4.98 Å². The van der Waals surface area contributed by atoms with Crippen LogP contribution >= 0.6 is 0 Å². The first-order valence-corrected chi connectivity index (χ1v) is 10.4. The molecule has 0 N–H and O–H groups in total. The normalized spacial score (nSPS) is 11.4. The summed E-state index contributed by atoms with van der Waals surface area (Å²) < 4.78 is 1.88. The van der Waals surface area contributed by atoms with Crippen molar-refractivity contribution in [2.75, 3.05) is 45.7 Å². The third-order valence-electron chi connectivity index (χ3n) is 5.04. The smallest absolute Gasteiger partial charge is 0.255 e. The average Bonchev–Trinajstić information content (AvgIpc) is 3.05. The van der Waals surface area contributed by atoms with Gasteiger partial charge in [0.2, 0.25) is 6.41 Å². The van der Waals surface area contributed by atoms with Crippen LogP contribution < -0.4 is 4.90 Å². The lowest BCUT2D eigenvalue weighted by atomic mass is 10.1. The molecular weight excluding hydrogens is 366 g/mol. The number of hydrogen-bond donors (Lipinski definition) is 0. The Labute approximate surface area is 174 Å². The number of aromatic nitrogens is 2. The second-order valence-electron chi connectivity index (χ2n) is 8.25. The minimum atomic E-state index is -0.0248. The van der Waals surface area contributed by atoms with Crippen molar-refractivity contribution < 1.29 is 9.59 Å². The molecule has 0 saturated carbocycles. The van der Waals surface area contributed by atoms with Crippen LogP contribution in [0.4, 0.5) is 5.82 Å². The predicted molar refractivity (Wildman–Crippen MR) is 118 cm³/mol. The van der Waals surface area contributed by atoms with Crippen molar-refractivity contribution in [2.45, 2.75) is 40.0 Å². The van der Waals surface area contributed by atoms with Crippen molar-refractivity contribution in [1.29, 1.82) is 0 Å². The van der Waals surface area contributed by atoms with E-state index in [-0.39, 0.29) is 5.91 Å². The second kappa shape index (κ2) is 10.4. The molecule has 7 nitrogen and oxygen atoms in total. The summed E-state index contributed by atoms with van der Waals surface area (Å²) in [5, 5.41) is 0. The number of rotatable bonds is 11. The Morgan fingerprint density at radius 3 is 2.48 bits per heavy atom. The predicted octanol–water partition coefficient (Wildman–Crippen LogP) is 2.93. The average molecular weight is 402 g/mol. The van der Waals surface area contributed by atoms with Gasteiger partial charge < -0.3 is 9.80 Å². The van der Waals surface area contributed by atoms with Crippen molar-refractivity contribution in [3.8, 4) is 0 Å². The Balaban J connectivity index is 2.33. The lowest BCUT2D eigenvalue weighted by molar-refractivity contribution is -0.107. The molecule has 0 spiro atoms. The molecule has 0 atom stereocenters. The first kappa shape index (κ1) is 22.9. The Hall–Kier alpha value is -2.41. The number of fused-ring (bicyclic) bond motifs is 1. The van der Waals surface area contributed by atoms with Crippen molar-refractivity contribution in [1.82, 2.24) is 19.2 Å². The van der Waals surface area contributed by atoms with Crippen LogP contribution in [0.2, 0.25) is 0 Å². The van der Waals surface area contributed by atoms with Gasteiger partial charge in [0.05, 0.1) is 11.3 Å². The summed E-state index contributed by atoms with van der Waals surface area (Å²) >= 11 is 0. The minimum Gasteiger partial charge on any atom is -0.342 e. The van der Waals surface area contributed by atoms with Crippen LogP contribution in [0.1, 0.15) is 49.7 Å². The van der Waals surface area contributed by atoms with Gasteiger partial charge in [-0.05, 0) is 58.0 Å². The molecule has 0 radical (unpaired) electrons. The molecule has 0 unspecified atom stereocenters. The monoisotopic (exact) mass is 401 g/mol. The highest BCUT2D eigenvalue weighted by Crippen LogP contribution is 2.24. The number of nitrogens with zero attached hydrogens (tertiary/aromatic N) is 5. The number of amides is 2. The second-order valence-corrected chi connectivity index (χ2v) is 8.25. The molecule has 0 aromatic carbocycles. The Morgan fingerprint density at radius 1 is 1.17 bits per heavy atom. The molecule has 0 aliphatic heterocycles. The van der Waals surface area contributed by atoms with Crippen LogP contribution in [0, 0.1) is 5.92 Å². The van der Waals surface area contributed by atoms with Gasteiger partial charge in [-0.2, -0.15) is 0 Å². The van der Waals surface area contributed by atoms with Crippen LogP contribution in [-0.4, -0.2) is 72.3 Å². The van der Waals surface area contributed by atoms with Crippen LogP contribution in [-0.2, 0) is 11.2 Å². The molecular formula is C22H35N5O2. The number of hydrogen-bond acceptors (Lipinski definition) is 4. The Morgan fingerprint density at radius 2 is 1.90 bits per heavy atom. The standard InChI is InChI=1S/C22H35N5O2/c1-7-19-21(26(16-28)14-11-17(2)3)27-15-18(9-10-20(27)23-19)22(29)25(6)13-8-12-24(4)5/h9-10,15-17H,7-8,11-14H2,1-6H3. The van der Waals surface area contributed by atoms with Crippen LogP contribution in [0.25, 0.3) is 5.65 Å². The van der Waals surface area contributed by atoms with Crippen molar-refractivity contribution in [2.24, 2.45) is 5.92 Å². The van der Waals surface area contributed by atoms with E-state index in [4.69, 9.17) is 0 Å². The van der Waals surface area contributed by atoms with E-state index in [1.807, 2.05) is 50.8 Å². The van der Waals surface area contributed by atoms with Gasteiger partial charge in [0.1, 0.15) is 11.5 Å². The fourth-order valence-corrected chi connectivity index (χ4v) is 3.30. The summed E-state index contributed by atoms with van der Waals surface area (Å²) in [6.45, 7) is 8.57. The maximum absolute atomic E-state index is 12.9.